The average molecular weight is 545 g/mol. The summed E-state index contributed by atoms with van der Waals surface area (Å²) in [7, 11) is 0. The molecule has 3 aromatic carbocycles. The van der Waals surface area contributed by atoms with Gasteiger partial charge in [-0.25, -0.2) is 0 Å². The number of benzene rings is 3. The topological polar surface area (TPSA) is 61.4 Å². The zero-order valence-electron chi connectivity index (χ0n) is 22.9. The first-order valence-electron chi connectivity index (χ1n) is 14.5. The molecule has 5 unspecified atom stereocenters. The van der Waals surface area contributed by atoms with Crippen LogP contribution in [-0.2, 0) is 30.5 Å². The first kappa shape index (κ1) is 27.9. The minimum absolute atomic E-state index is 0.0831. The number of aliphatic hydroxyl groups excluding tert-OH is 1. The number of aryl methyl sites for hydroxylation is 1. The highest BCUT2D eigenvalue weighted by Crippen LogP contribution is 2.38. The lowest BCUT2D eigenvalue weighted by atomic mass is 9.74. The van der Waals surface area contributed by atoms with Gasteiger partial charge in [0.15, 0.2) is 5.78 Å². The number of carbonyl (C=O) groups excluding carboxylic acids is 1. The molecule has 0 bridgehead atoms. The fourth-order valence-electron chi connectivity index (χ4n) is 6.40. The third kappa shape index (κ3) is 7.51. The SMILES string of the molecule is CC1Cc2ccccc2C(CC(O)C(Cc2ccccc2)NCC(Cl)Cc2ccc3c(c2)CCC(=O)CN3)C1. The Hall–Kier alpha value is -2.66. The molecule has 39 heavy (non-hydrogen) atoms. The number of aliphatic hydroxyl groups is 1. The quantitative estimate of drug-likeness (QED) is 0.271. The lowest BCUT2D eigenvalue weighted by molar-refractivity contribution is -0.117. The molecule has 1 aliphatic carbocycles. The minimum atomic E-state index is -0.478. The highest BCUT2D eigenvalue weighted by atomic mass is 35.5. The summed E-state index contributed by atoms with van der Waals surface area (Å²) >= 11 is 6.87. The van der Waals surface area contributed by atoms with Crippen LogP contribution in [0, 0.1) is 5.92 Å². The third-order valence-electron chi connectivity index (χ3n) is 8.42. The fourth-order valence-corrected chi connectivity index (χ4v) is 6.67. The highest BCUT2D eigenvalue weighted by Gasteiger charge is 2.29. The van der Waals surface area contributed by atoms with E-state index in [1.54, 1.807) is 0 Å². The summed E-state index contributed by atoms with van der Waals surface area (Å²) in [6.07, 6.45) is 5.35. The van der Waals surface area contributed by atoms with E-state index in [9.17, 15) is 9.90 Å². The van der Waals surface area contributed by atoms with Crippen molar-refractivity contribution < 1.29 is 9.90 Å². The summed E-state index contributed by atoms with van der Waals surface area (Å²) in [5.74, 6) is 1.24. The Labute approximate surface area is 238 Å². The van der Waals surface area contributed by atoms with Crippen molar-refractivity contribution in [1.29, 1.82) is 0 Å². The smallest absolute Gasteiger partial charge is 0.152 e. The molecule has 1 heterocycles. The van der Waals surface area contributed by atoms with Crippen molar-refractivity contribution in [3.63, 3.8) is 0 Å². The maximum Gasteiger partial charge on any atom is 0.152 e. The molecular weight excluding hydrogens is 504 g/mol. The molecule has 0 aromatic heterocycles. The second-order valence-corrected chi connectivity index (χ2v) is 12.3. The third-order valence-corrected chi connectivity index (χ3v) is 8.73. The first-order valence-corrected chi connectivity index (χ1v) is 14.9. The van der Waals surface area contributed by atoms with Crippen LogP contribution in [0.4, 0.5) is 5.69 Å². The molecule has 0 radical (unpaired) electrons. The Morgan fingerprint density at radius 3 is 2.62 bits per heavy atom. The van der Waals surface area contributed by atoms with E-state index >= 15 is 0 Å². The van der Waals surface area contributed by atoms with Crippen molar-refractivity contribution in [1.82, 2.24) is 5.32 Å². The molecule has 2 aliphatic rings. The van der Waals surface area contributed by atoms with Crippen LogP contribution < -0.4 is 10.6 Å². The maximum atomic E-state index is 11.8. The van der Waals surface area contributed by atoms with Gasteiger partial charge in [-0.2, -0.15) is 0 Å². The normalized spacial score (nSPS) is 21.2. The van der Waals surface area contributed by atoms with Gasteiger partial charge in [0.1, 0.15) is 0 Å². The Morgan fingerprint density at radius 2 is 1.77 bits per heavy atom. The van der Waals surface area contributed by atoms with E-state index in [0.29, 0.717) is 31.3 Å². The average Bonchev–Trinajstić information content (AvgIpc) is 3.12. The van der Waals surface area contributed by atoms with Gasteiger partial charge in [-0.3, -0.25) is 4.79 Å². The molecule has 0 fully saturated rings. The number of Topliss-reactive ketones (excluding diaryl/α,β-unsaturated/α-hetero) is 1. The molecule has 0 saturated heterocycles. The Kier molecular flexibility index (Phi) is 9.39. The zero-order chi connectivity index (χ0) is 27.2. The Balaban J connectivity index is 1.24. The van der Waals surface area contributed by atoms with Crippen LogP contribution in [0.5, 0.6) is 0 Å². The molecule has 0 saturated carbocycles. The highest BCUT2D eigenvalue weighted by molar-refractivity contribution is 6.20. The summed E-state index contributed by atoms with van der Waals surface area (Å²) in [4.78, 5) is 11.8. The van der Waals surface area contributed by atoms with E-state index in [2.05, 4.69) is 84.3 Å². The lowest BCUT2D eigenvalue weighted by Crippen LogP contribution is -2.45. The lowest BCUT2D eigenvalue weighted by Gasteiger charge is -2.34. The van der Waals surface area contributed by atoms with Crippen molar-refractivity contribution in [3.8, 4) is 0 Å². The minimum Gasteiger partial charge on any atom is -0.391 e. The predicted octanol–water partition coefficient (Wildman–Crippen LogP) is 6.08. The molecule has 3 N–H and O–H groups in total. The number of ketones is 1. The summed E-state index contributed by atoms with van der Waals surface area (Å²) in [5, 5.41) is 18.4. The number of alkyl halides is 1. The van der Waals surface area contributed by atoms with E-state index in [-0.39, 0.29) is 17.2 Å². The van der Waals surface area contributed by atoms with E-state index in [4.69, 9.17) is 11.6 Å². The van der Waals surface area contributed by atoms with Gasteiger partial charge in [0, 0.05) is 24.7 Å². The molecule has 1 aliphatic heterocycles. The van der Waals surface area contributed by atoms with E-state index in [0.717, 1.165) is 44.2 Å². The van der Waals surface area contributed by atoms with Crippen LogP contribution >= 0.6 is 11.6 Å². The van der Waals surface area contributed by atoms with Crippen molar-refractivity contribution in [2.75, 3.05) is 18.4 Å². The van der Waals surface area contributed by atoms with Gasteiger partial charge in [-0.1, -0.05) is 73.7 Å². The molecule has 4 nitrogen and oxygen atoms in total. The molecule has 0 amide bonds. The van der Waals surface area contributed by atoms with E-state index < -0.39 is 6.10 Å². The molecule has 5 atom stereocenters. The van der Waals surface area contributed by atoms with E-state index in [1.165, 1.54) is 27.8 Å². The van der Waals surface area contributed by atoms with Gasteiger partial charge < -0.3 is 15.7 Å². The summed E-state index contributed by atoms with van der Waals surface area (Å²) in [5.41, 5.74) is 7.47. The van der Waals surface area contributed by atoms with Crippen molar-refractivity contribution in [2.24, 2.45) is 5.92 Å². The summed E-state index contributed by atoms with van der Waals surface area (Å²) < 4.78 is 0. The largest absolute Gasteiger partial charge is 0.391 e. The van der Waals surface area contributed by atoms with Crippen molar-refractivity contribution >= 4 is 23.1 Å². The second-order valence-electron chi connectivity index (χ2n) is 11.6. The molecule has 5 heteroatoms. The Morgan fingerprint density at radius 1 is 0.974 bits per heavy atom. The van der Waals surface area contributed by atoms with Gasteiger partial charge in [0.05, 0.1) is 18.0 Å². The number of rotatable bonds is 10. The van der Waals surface area contributed by atoms with Crippen LogP contribution in [0.2, 0.25) is 0 Å². The van der Waals surface area contributed by atoms with Crippen molar-refractivity contribution in [3.05, 3.63) is 101 Å². The van der Waals surface area contributed by atoms with Gasteiger partial charge in [-0.15, -0.1) is 11.6 Å². The molecule has 5 rings (SSSR count). The molecule has 206 valence electrons. The van der Waals surface area contributed by atoms with Crippen LogP contribution in [0.3, 0.4) is 0 Å². The predicted molar refractivity (Wildman–Crippen MR) is 161 cm³/mol. The van der Waals surface area contributed by atoms with Crippen LogP contribution in [-0.4, -0.2) is 41.5 Å². The number of hydrogen-bond acceptors (Lipinski definition) is 4. The number of halogens is 1. The van der Waals surface area contributed by atoms with Gasteiger partial charge in [-0.05, 0) is 84.2 Å². The van der Waals surface area contributed by atoms with Crippen LogP contribution in [0.1, 0.15) is 59.9 Å². The van der Waals surface area contributed by atoms with Gasteiger partial charge >= 0.3 is 0 Å². The number of hydrogen-bond donors (Lipinski definition) is 3. The van der Waals surface area contributed by atoms with E-state index in [1.807, 2.05) is 6.07 Å². The maximum absolute atomic E-state index is 11.8. The number of fused-ring (bicyclic) bond motifs is 2. The molecule has 3 aromatic rings. The number of carbonyl (C=O) groups is 1. The zero-order valence-corrected chi connectivity index (χ0v) is 23.7. The summed E-state index contributed by atoms with van der Waals surface area (Å²) in [6, 6.07) is 25.5. The molecule has 0 spiro atoms. The summed E-state index contributed by atoms with van der Waals surface area (Å²) in [6.45, 7) is 3.34. The monoisotopic (exact) mass is 544 g/mol. The fraction of sp³-hybridized carbons (Fsp3) is 0.441. The standard InChI is InChI=1S/C34H41ClN2O2/c1-23-15-26-9-5-6-10-31(26)28(16-23)20-34(39)33(19-24-7-3-2-4-8-24)36-21-29(35)18-25-11-14-32-27(17-25)12-13-30(38)22-37-32/h2-11,14,17,23,28-29,33-34,36-37,39H,12-13,15-16,18-22H2,1H3. The molecular formula is C34H41ClN2O2. The van der Waals surface area contributed by atoms with Gasteiger partial charge in [0.2, 0.25) is 0 Å². The second kappa shape index (κ2) is 13.1. The first-order chi connectivity index (χ1) is 18.9. The number of anilines is 1. The number of nitrogens with one attached hydrogen (secondary N) is 2. The van der Waals surface area contributed by atoms with Crippen LogP contribution in [0.15, 0.2) is 72.8 Å². The van der Waals surface area contributed by atoms with Gasteiger partial charge in [0.25, 0.3) is 0 Å². The van der Waals surface area contributed by atoms with Crippen molar-refractivity contribution in [2.45, 2.75) is 75.3 Å². The Bertz CT molecular complexity index is 1250. The van der Waals surface area contributed by atoms with Crippen LogP contribution in [0.25, 0.3) is 0 Å².